The normalized spacial score (nSPS) is 10.5. The molecule has 0 aliphatic rings. The molecule has 0 radical (unpaired) electrons. The van der Waals surface area contributed by atoms with Crippen LogP contribution in [0.3, 0.4) is 0 Å². The maximum atomic E-state index is 12.8. The quantitative estimate of drug-likeness (QED) is 0.575. The van der Waals surface area contributed by atoms with Crippen molar-refractivity contribution in [2.75, 3.05) is 0 Å². The molecule has 1 nitrogen and oxygen atoms in total. The summed E-state index contributed by atoms with van der Waals surface area (Å²) in [7, 11) is 0. The fourth-order valence-electron chi connectivity index (χ4n) is 2.38. The summed E-state index contributed by atoms with van der Waals surface area (Å²) in [5.74, 6) is 0.0696. The highest BCUT2D eigenvalue weighted by Crippen LogP contribution is 2.32. The lowest BCUT2D eigenvalue weighted by atomic mass is 10.0. The van der Waals surface area contributed by atoms with Gasteiger partial charge in [0, 0.05) is 20.9 Å². The first-order valence-corrected chi connectivity index (χ1v) is 8.40. The van der Waals surface area contributed by atoms with Crippen LogP contribution in [0.4, 0.5) is 0 Å². The number of carbonyl (C=O) groups excluding carboxylic acids is 1. The maximum Gasteiger partial charge on any atom is 0.194 e. The van der Waals surface area contributed by atoms with E-state index in [0.29, 0.717) is 0 Å². The molecule has 0 N–H and O–H groups in total. The molecule has 0 fully saturated rings. The van der Waals surface area contributed by atoms with Gasteiger partial charge in [0.05, 0.1) is 0 Å². The number of ketones is 1. The van der Waals surface area contributed by atoms with E-state index in [9.17, 15) is 4.79 Å². The lowest BCUT2D eigenvalue weighted by molar-refractivity contribution is 0.103. The molecule has 114 valence electrons. The second kappa shape index (κ2) is 6.84. The summed E-state index contributed by atoms with van der Waals surface area (Å²) >= 11 is 1.64. The van der Waals surface area contributed by atoms with Gasteiger partial charge in [-0.2, -0.15) is 0 Å². The Morgan fingerprint density at radius 3 is 2.13 bits per heavy atom. The topological polar surface area (TPSA) is 17.1 Å². The third-order valence-corrected chi connectivity index (χ3v) is 4.73. The van der Waals surface area contributed by atoms with Gasteiger partial charge in [-0.05, 0) is 43.7 Å². The summed E-state index contributed by atoms with van der Waals surface area (Å²) in [4.78, 5) is 15.0. The first-order chi connectivity index (χ1) is 11.1. The number of rotatable bonds is 4. The van der Waals surface area contributed by atoms with Crippen molar-refractivity contribution in [1.82, 2.24) is 0 Å². The Labute approximate surface area is 141 Å². The first kappa shape index (κ1) is 15.6. The highest BCUT2D eigenvalue weighted by molar-refractivity contribution is 7.99. The van der Waals surface area contributed by atoms with E-state index in [1.54, 1.807) is 11.8 Å². The third-order valence-electron chi connectivity index (χ3n) is 3.67. The minimum absolute atomic E-state index is 0.0696. The summed E-state index contributed by atoms with van der Waals surface area (Å²) in [6.45, 7) is 4.13. The van der Waals surface area contributed by atoms with Crippen LogP contribution in [-0.2, 0) is 0 Å². The molecule has 0 spiro atoms. The Morgan fingerprint density at radius 1 is 0.783 bits per heavy atom. The summed E-state index contributed by atoms with van der Waals surface area (Å²) in [6.07, 6.45) is 0. The highest BCUT2D eigenvalue weighted by atomic mass is 32.2. The molecule has 0 heterocycles. The first-order valence-electron chi connectivity index (χ1n) is 7.58. The summed E-state index contributed by atoms with van der Waals surface area (Å²) < 4.78 is 0. The van der Waals surface area contributed by atoms with Gasteiger partial charge in [0.1, 0.15) is 0 Å². The Kier molecular flexibility index (Phi) is 4.63. The Hall–Kier alpha value is -2.32. The van der Waals surface area contributed by atoms with E-state index in [0.717, 1.165) is 26.5 Å². The Balaban J connectivity index is 1.98. The minimum Gasteiger partial charge on any atom is -0.289 e. The van der Waals surface area contributed by atoms with Crippen molar-refractivity contribution in [3.63, 3.8) is 0 Å². The van der Waals surface area contributed by atoms with Gasteiger partial charge in [0.25, 0.3) is 0 Å². The van der Waals surface area contributed by atoms with Gasteiger partial charge in [-0.3, -0.25) is 4.79 Å². The van der Waals surface area contributed by atoms with Crippen molar-refractivity contribution in [2.24, 2.45) is 0 Å². The third kappa shape index (κ3) is 3.72. The predicted molar refractivity (Wildman–Crippen MR) is 96.4 cm³/mol. The van der Waals surface area contributed by atoms with E-state index < -0.39 is 0 Å². The zero-order chi connectivity index (χ0) is 16.2. The minimum atomic E-state index is 0.0696. The van der Waals surface area contributed by atoms with Crippen LogP contribution in [0.25, 0.3) is 0 Å². The van der Waals surface area contributed by atoms with Gasteiger partial charge < -0.3 is 0 Å². The average Bonchev–Trinajstić information content (AvgIpc) is 2.57. The number of hydrogen-bond acceptors (Lipinski definition) is 2. The maximum absolute atomic E-state index is 12.8. The van der Waals surface area contributed by atoms with Gasteiger partial charge in [0.15, 0.2) is 5.78 Å². The van der Waals surface area contributed by atoms with Gasteiger partial charge >= 0.3 is 0 Å². The SMILES string of the molecule is Cc1ccc(Sc2cc(C)ccc2C(=O)c2ccccc2)cc1. The van der Waals surface area contributed by atoms with E-state index in [1.165, 1.54) is 5.56 Å². The van der Waals surface area contributed by atoms with Crippen LogP contribution >= 0.6 is 11.8 Å². The van der Waals surface area contributed by atoms with E-state index in [-0.39, 0.29) is 5.78 Å². The van der Waals surface area contributed by atoms with Gasteiger partial charge in [-0.25, -0.2) is 0 Å². The second-order valence-electron chi connectivity index (χ2n) is 5.61. The molecule has 0 amide bonds. The molecule has 0 bridgehead atoms. The molecular weight excluding hydrogens is 300 g/mol. The smallest absolute Gasteiger partial charge is 0.194 e. The standard InChI is InChI=1S/C21H18OS/c1-15-8-11-18(12-9-15)23-20-14-16(2)10-13-19(20)21(22)17-6-4-3-5-7-17/h3-14H,1-2H3. The number of carbonyl (C=O) groups is 1. The van der Waals surface area contributed by atoms with E-state index >= 15 is 0 Å². The van der Waals surface area contributed by atoms with Crippen molar-refractivity contribution in [3.05, 3.63) is 95.1 Å². The van der Waals surface area contributed by atoms with Crippen LogP contribution in [0.2, 0.25) is 0 Å². The molecule has 23 heavy (non-hydrogen) atoms. The van der Waals surface area contributed by atoms with Crippen molar-refractivity contribution in [3.8, 4) is 0 Å². The number of benzene rings is 3. The van der Waals surface area contributed by atoms with Crippen LogP contribution in [0.1, 0.15) is 27.0 Å². The summed E-state index contributed by atoms with van der Waals surface area (Å²) in [5.41, 5.74) is 3.87. The van der Waals surface area contributed by atoms with Crippen molar-refractivity contribution < 1.29 is 4.79 Å². The molecule has 0 unspecified atom stereocenters. The monoisotopic (exact) mass is 318 g/mol. The average molecular weight is 318 g/mol. The van der Waals surface area contributed by atoms with Crippen LogP contribution in [0.5, 0.6) is 0 Å². The van der Waals surface area contributed by atoms with Gasteiger partial charge in [-0.15, -0.1) is 0 Å². The Morgan fingerprint density at radius 2 is 1.43 bits per heavy atom. The second-order valence-corrected chi connectivity index (χ2v) is 6.73. The molecule has 0 atom stereocenters. The summed E-state index contributed by atoms with van der Waals surface area (Å²) in [6, 6.07) is 23.8. The predicted octanol–water partition coefficient (Wildman–Crippen LogP) is 5.69. The van der Waals surface area contributed by atoms with Gasteiger partial charge in [0.2, 0.25) is 0 Å². The fraction of sp³-hybridized carbons (Fsp3) is 0.0952. The molecule has 3 rings (SSSR count). The molecule has 2 heteroatoms. The molecule has 0 saturated heterocycles. The number of aryl methyl sites for hydroxylation is 2. The van der Waals surface area contributed by atoms with Crippen LogP contribution in [-0.4, -0.2) is 5.78 Å². The van der Waals surface area contributed by atoms with Crippen LogP contribution in [0, 0.1) is 13.8 Å². The molecule has 0 aliphatic carbocycles. The van der Waals surface area contributed by atoms with E-state index in [2.05, 4.69) is 44.2 Å². The van der Waals surface area contributed by atoms with Crippen LogP contribution in [0.15, 0.2) is 82.6 Å². The lowest BCUT2D eigenvalue weighted by Gasteiger charge is -2.10. The van der Waals surface area contributed by atoms with Crippen LogP contribution < -0.4 is 0 Å². The lowest BCUT2D eigenvalue weighted by Crippen LogP contribution is -2.03. The van der Waals surface area contributed by atoms with E-state index in [1.807, 2.05) is 42.5 Å². The molecule has 3 aromatic rings. The molecular formula is C21H18OS. The fourth-order valence-corrected chi connectivity index (χ4v) is 3.42. The van der Waals surface area contributed by atoms with Crippen molar-refractivity contribution in [2.45, 2.75) is 23.6 Å². The van der Waals surface area contributed by atoms with E-state index in [4.69, 9.17) is 0 Å². The molecule has 3 aromatic carbocycles. The molecule has 0 aromatic heterocycles. The zero-order valence-electron chi connectivity index (χ0n) is 13.2. The molecule has 0 saturated carbocycles. The van der Waals surface area contributed by atoms with Gasteiger partial charge in [-0.1, -0.05) is 65.9 Å². The summed E-state index contributed by atoms with van der Waals surface area (Å²) in [5, 5.41) is 0. The number of hydrogen-bond donors (Lipinski definition) is 0. The largest absolute Gasteiger partial charge is 0.289 e. The molecule has 0 aliphatic heterocycles. The zero-order valence-corrected chi connectivity index (χ0v) is 14.1. The van der Waals surface area contributed by atoms with Crippen molar-refractivity contribution in [1.29, 1.82) is 0 Å². The van der Waals surface area contributed by atoms with Crippen molar-refractivity contribution >= 4 is 17.5 Å². The Bertz CT molecular complexity index is 820. The highest BCUT2D eigenvalue weighted by Gasteiger charge is 2.14.